The minimum Gasteiger partial charge on any atom is -0.344 e. The highest BCUT2D eigenvalue weighted by atomic mass is 32.1. The zero-order valence-corrected chi connectivity index (χ0v) is 12.5. The van der Waals surface area contributed by atoms with Crippen molar-refractivity contribution in [2.45, 2.75) is 25.8 Å². The van der Waals surface area contributed by atoms with Crippen LogP contribution in [-0.2, 0) is 11.2 Å². The molecule has 2 N–H and O–H groups in total. The monoisotopic (exact) mass is 276 g/mol. The molecule has 102 valence electrons. The largest absolute Gasteiger partial charge is 0.344 e. The SMILES string of the molecule is CN(CCc1csc2ccccc12)C(=O)C(C)(C)N. The molecule has 1 aromatic carbocycles. The average molecular weight is 276 g/mol. The number of nitrogens with two attached hydrogens (primary N) is 1. The molecule has 0 radical (unpaired) electrons. The van der Waals surface area contributed by atoms with Crippen LogP contribution in [0.15, 0.2) is 29.6 Å². The molecule has 0 fully saturated rings. The molecule has 0 aliphatic carbocycles. The molecule has 0 bridgehead atoms. The first-order chi connectivity index (χ1) is 8.89. The smallest absolute Gasteiger partial charge is 0.241 e. The van der Waals surface area contributed by atoms with Crippen molar-refractivity contribution in [1.82, 2.24) is 4.90 Å². The van der Waals surface area contributed by atoms with Gasteiger partial charge in [0.05, 0.1) is 5.54 Å². The van der Waals surface area contributed by atoms with E-state index in [2.05, 4.69) is 29.6 Å². The van der Waals surface area contributed by atoms with Gasteiger partial charge < -0.3 is 10.6 Å². The van der Waals surface area contributed by atoms with E-state index in [-0.39, 0.29) is 5.91 Å². The van der Waals surface area contributed by atoms with Crippen LogP contribution in [0, 0.1) is 0 Å². The Morgan fingerprint density at radius 2 is 2.05 bits per heavy atom. The number of nitrogens with zero attached hydrogens (tertiary/aromatic N) is 1. The van der Waals surface area contributed by atoms with Crippen LogP contribution >= 0.6 is 11.3 Å². The van der Waals surface area contributed by atoms with Crippen LogP contribution in [0.2, 0.25) is 0 Å². The van der Waals surface area contributed by atoms with Crippen molar-refractivity contribution in [2.75, 3.05) is 13.6 Å². The molecule has 0 aliphatic heterocycles. The first-order valence-electron chi connectivity index (χ1n) is 6.39. The lowest BCUT2D eigenvalue weighted by molar-refractivity contribution is -0.134. The molecule has 4 heteroatoms. The summed E-state index contributed by atoms with van der Waals surface area (Å²) in [6.07, 6.45) is 0.863. The fraction of sp³-hybridized carbons (Fsp3) is 0.400. The Morgan fingerprint density at radius 1 is 1.37 bits per heavy atom. The maximum atomic E-state index is 12.0. The van der Waals surface area contributed by atoms with Gasteiger partial charge in [-0.05, 0) is 42.7 Å². The normalized spacial score (nSPS) is 11.8. The van der Waals surface area contributed by atoms with Gasteiger partial charge in [0.2, 0.25) is 5.91 Å². The van der Waals surface area contributed by atoms with E-state index in [0.29, 0.717) is 6.54 Å². The number of hydrogen-bond donors (Lipinski definition) is 1. The summed E-state index contributed by atoms with van der Waals surface area (Å²) in [5.41, 5.74) is 6.33. The number of carbonyl (C=O) groups is 1. The minimum absolute atomic E-state index is 0.0213. The predicted octanol–water partition coefficient (Wildman–Crippen LogP) is 2.64. The predicted molar refractivity (Wildman–Crippen MR) is 81.4 cm³/mol. The standard InChI is InChI=1S/C15H20N2OS/c1-15(2,16)14(18)17(3)9-8-11-10-19-13-7-5-4-6-12(11)13/h4-7,10H,8-9,16H2,1-3H3. The molecule has 1 heterocycles. The van der Waals surface area contributed by atoms with Gasteiger partial charge in [0, 0.05) is 18.3 Å². The van der Waals surface area contributed by atoms with Gasteiger partial charge >= 0.3 is 0 Å². The fourth-order valence-electron chi connectivity index (χ4n) is 2.11. The summed E-state index contributed by atoms with van der Waals surface area (Å²) in [7, 11) is 1.81. The molecule has 19 heavy (non-hydrogen) atoms. The van der Waals surface area contributed by atoms with E-state index < -0.39 is 5.54 Å². The number of hydrogen-bond acceptors (Lipinski definition) is 3. The van der Waals surface area contributed by atoms with Crippen LogP contribution in [0.5, 0.6) is 0 Å². The lowest BCUT2D eigenvalue weighted by Gasteiger charge is -2.25. The van der Waals surface area contributed by atoms with Gasteiger partial charge in [0.1, 0.15) is 0 Å². The van der Waals surface area contributed by atoms with E-state index in [1.807, 2.05) is 7.05 Å². The third kappa shape index (κ3) is 3.14. The molecular formula is C15H20N2OS. The van der Waals surface area contributed by atoms with Crippen LogP contribution in [0.1, 0.15) is 19.4 Å². The molecule has 0 saturated carbocycles. The quantitative estimate of drug-likeness (QED) is 0.933. The van der Waals surface area contributed by atoms with Crippen LogP contribution in [0.4, 0.5) is 0 Å². The highest BCUT2D eigenvalue weighted by Crippen LogP contribution is 2.26. The molecule has 2 rings (SSSR count). The second kappa shape index (κ2) is 5.31. The van der Waals surface area contributed by atoms with Gasteiger partial charge in [-0.3, -0.25) is 4.79 Å². The first kappa shape index (κ1) is 14.0. The summed E-state index contributed by atoms with van der Waals surface area (Å²) >= 11 is 1.75. The van der Waals surface area contributed by atoms with Crippen LogP contribution in [0.25, 0.3) is 10.1 Å². The number of fused-ring (bicyclic) bond motifs is 1. The van der Waals surface area contributed by atoms with E-state index in [0.717, 1.165) is 6.42 Å². The van der Waals surface area contributed by atoms with Crippen molar-refractivity contribution in [3.63, 3.8) is 0 Å². The number of benzene rings is 1. The summed E-state index contributed by atoms with van der Waals surface area (Å²) in [6, 6.07) is 8.36. The Kier molecular flexibility index (Phi) is 3.92. The van der Waals surface area contributed by atoms with E-state index >= 15 is 0 Å². The van der Waals surface area contributed by atoms with Gasteiger partial charge in [0.25, 0.3) is 0 Å². The molecule has 3 nitrogen and oxygen atoms in total. The second-order valence-corrected chi connectivity index (χ2v) is 6.37. The average Bonchev–Trinajstić information content (AvgIpc) is 2.77. The highest BCUT2D eigenvalue weighted by molar-refractivity contribution is 7.17. The van der Waals surface area contributed by atoms with Gasteiger partial charge in [-0.25, -0.2) is 0 Å². The Labute approximate surface area is 118 Å². The van der Waals surface area contributed by atoms with Crippen molar-refractivity contribution < 1.29 is 4.79 Å². The summed E-state index contributed by atoms with van der Waals surface area (Å²) in [6.45, 7) is 4.18. The summed E-state index contributed by atoms with van der Waals surface area (Å²) in [5, 5.41) is 3.47. The number of rotatable bonds is 4. The van der Waals surface area contributed by atoms with Crippen LogP contribution < -0.4 is 5.73 Å². The van der Waals surface area contributed by atoms with Crippen molar-refractivity contribution in [1.29, 1.82) is 0 Å². The molecule has 0 atom stereocenters. The number of thiophene rings is 1. The van der Waals surface area contributed by atoms with Crippen LogP contribution in [-0.4, -0.2) is 29.9 Å². The number of carbonyl (C=O) groups excluding carboxylic acids is 1. The van der Waals surface area contributed by atoms with Crippen LogP contribution in [0.3, 0.4) is 0 Å². The van der Waals surface area contributed by atoms with Gasteiger partial charge in [-0.2, -0.15) is 0 Å². The maximum Gasteiger partial charge on any atom is 0.241 e. The van der Waals surface area contributed by atoms with E-state index in [1.165, 1.54) is 15.6 Å². The van der Waals surface area contributed by atoms with E-state index in [4.69, 9.17) is 5.73 Å². The Hall–Kier alpha value is -1.39. The molecule has 0 unspecified atom stereocenters. The number of likely N-dealkylation sites (N-methyl/N-ethyl adjacent to an activating group) is 1. The summed E-state index contributed by atoms with van der Waals surface area (Å²) < 4.78 is 1.30. The maximum absolute atomic E-state index is 12.0. The molecule has 2 aromatic rings. The highest BCUT2D eigenvalue weighted by Gasteiger charge is 2.25. The zero-order valence-electron chi connectivity index (χ0n) is 11.6. The summed E-state index contributed by atoms with van der Waals surface area (Å²) in [5.74, 6) is -0.0213. The second-order valence-electron chi connectivity index (χ2n) is 5.46. The molecule has 1 amide bonds. The van der Waals surface area contributed by atoms with E-state index in [9.17, 15) is 4.79 Å². The molecular weight excluding hydrogens is 256 g/mol. The molecule has 1 aromatic heterocycles. The Balaban J connectivity index is 2.05. The zero-order chi connectivity index (χ0) is 14.0. The first-order valence-corrected chi connectivity index (χ1v) is 7.27. The third-order valence-corrected chi connectivity index (χ3v) is 4.19. The molecule has 0 saturated heterocycles. The molecule has 0 spiro atoms. The Morgan fingerprint density at radius 3 is 2.74 bits per heavy atom. The van der Waals surface area contributed by atoms with Crippen molar-refractivity contribution in [3.8, 4) is 0 Å². The Bertz CT molecular complexity index is 583. The lowest BCUT2D eigenvalue weighted by Crippen LogP contribution is -2.50. The molecule has 0 aliphatic rings. The fourth-order valence-corrected chi connectivity index (χ4v) is 3.11. The van der Waals surface area contributed by atoms with Crippen molar-refractivity contribution >= 4 is 27.3 Å². The summed E-state index contributed by atoms with van der Waals surface area (Å²) in [4.78, 5) is 13.7. The third-order valence-electron chi connectivity index (χ3n) is 3.18. The van der Waals surface area contributed by atoms with Crippen molar-refractivity contribution in [3.05, 3.63) is 35.2 Å². The van der Waals surface area contributed by atoms with Gasteiger partial charge in [0.15, 0.2) is 0 Å². The van der Waals surface area contributed by atoms with E-state index in [1.54, 1.807) is 30.1 Å². The topological polar surface area (TPSA) is 46.3 Å². The van der Waals surface area contributed by atoms with Gasteiger partial charge in [-0.15, -0.1) is 11.3 Å². The number of amides is 1. The lowest BCUT2D eigenvalue weighted by atomic mass is 10.1. The van der Waals surface area contributed by atoms with Gasteiger partial charge in [-0.1, -0.05) is 18.2 Å². The van der Waals surface area contributed by atoms with Crippen molar-refractivity contribution in [2.24, 2.45) is 5.73 Å². The minimum atomic E-state index is -0.800.